The molecule has 2 aromatic carbocycles. The number of phenols is 1. The minimum atomic E-state index is -0.375. The van der Waals surface area contributed by atoms with Gasteiger partial charge in [-0.25, -0.2) is 4.79 Å². The first kappa shape index (κ1) is 13.9. The molecule has 0 saturated carbocycles. The summed E-state index contributed by atoms with van der Waals surface area (Å²) in [6, 6.07) is 13.4. The summed E-state index contributed by atoms with van der Waals surface area (Å²) >= 11 is 0. The fourth-order valence-electron chi connectivity index (χ4n) is 2.06. The van der Waals surface area contributed by atoms with Crippen molar-refractivity contribution >= 4 is 22.9 Å². The van der Waals surface area contributed by atoms with Crippen molar-refractivity contribution in [2.45, 2.75) is 0 Å². The number of benzene rings is 2. The Balaban J connectivity index is 1.92. The highest BCUT2D eigenvalue weighted by Gasteiger charge is 2.01. The molecule has 0 radical (unpaired) electrons. The lowest BCUT2D eigenvalue weighted by atomic mass is 10.2. The van der Waals surface area contributed by atoms with E-state index in [9.17, 15) is 9.90 Å². The quantitative estimate of drug-likeness (QED) is 0.594. The summed E-state index contributed by atoms with van der Waals surface area (Å²) in [6.45, 7) is 0. The third kappa shape index (κ3) is 2.83. The zero-order valence-electron chi connectivity index (χ0n) is 11.8. The molecule has 0 spiro atoms. The Bertz CT molecular complexity index is 912. The van der Waals surface area contributed by atoms with Crippen LogP contribution < -0.4 is 10.4 Å². The van der Waals surface area contributed by atoms with Crippen LogP contribution in [-0.4, -0.2) is 18.4 Å². The third-order valence-corrected chi connectivity index (χ3v) is 3.17. The van der Waals surface area contributed by atoms with E-state index >= 15 is 0 Å². The first-order valence-corrected chi connectivity index (χ1v) is 6.61. The number of aromatic hydroxyl groups is 1. The largest absolute Gasteiger partial charge is 0.504 e. The second-order valence-electron chi connectivity index (χ2n) is 4.67. The molecule has 0 atom stereocenters. The van der Waals surface area contributed by atoms with Gasteiger partial charge in [0.2, 0.25) is 0 Å². The number of methoxy groups -OCH3 is 1. The second-order valence-corrected chi connectivity index (χ2v) is 4.67. The lowest BCUT2D eigenvalue weighted by Crippen LogP contribution is -1.93. The number of hydrogen-bond acceptors (Lipinski definition) is 5. The third-order valence-electron chi connectivity index (χ3n) is 3.17. The highest BCUT2D eigenvalue weighted by atomic mass is 16.5. The normalized spacial score (nSPS) is 11.1. The van der Waals surface area contributed by atoms with Crippen LogP contribution in [0.25, 0.3) is 11.0 Å². The Labute approximate surface area is 126 Å². The van der Waals surface area contributed by atoms with Gasteiger partial charge in [0.15, 0.2) is 11.5 Å². The summed E-state index contributed by atoms with van der Waals surface area (Å²) in [4.78, 5) is 15.5. The number of aliphatic imine (C=N–C) groups is 1. The van der Waals surface area contributed by atoms with Crippen LogP contribution in [0.3, 0.4) is 0 Å². The van der Waals surface area contributed by atoms with E-state index in [0.29, 0.717) is 11.3 Å². The van der Waals surface area contributed by atoms with Gasteiger partial charge in [-0.05, 0) is 48.0 Å². The number of rotatable bonds is 3. The van der Waals surface area contributed by atoms with E-state index in [2.05, 4.69) is 4.99 Å². The molecule has 1 N–H and O–H groups in total. The van der Waals surface area contributed by atoms with Gasteiger partial charge in [0, 0.05) is 17.7 Å². The molecule has 1 heterocycles. The monoisotopic (exact) mass is 295 g/mol. The maximum atomic E-state index is 11.1. The molecule has 0 amide bonds. The van der Waals surface area contributed by atoms with E-state index < -0.39 is 0 Å². The number of phenolic OH excluding ortho intramolecular Hbond substituents is 1. The van der Waals surface area contributed by atoms with Gasteiger partial charge in [0.05, 0.1) is 12.8 Å². The van der Waals surface area contributed by atoms with Crippen LogP contribution in [0.5, 0.6) is 11.5 Å². The molecule has 1 aromatic heterocycles. The van der Waals surface area contributed by atoms with Crippen LogP contribution in [0.2, 0.25) is 0 Å². The van der Waals surface area contributed by atoms with Gasteiger partial charge in [-0.3, -0.25) is 4.99 Å². The Morgan fingerprint density at radius 2 is 2.00 bits per heavy atom. The second kappa shape index (κ2) is 5.73. The van der Waals surface area contributed by atoms with Crippen molar-refractivity contribution in [2.24, 2.45) is 4.99 Å². The molecule has 0 aliphatic carbocycles. The number of fused-ring (bicyclic) bond motifs is 1. The molecule has 0 fully saturated rings. The fourth-order valence-corrected chi connectivity index (χ4v) is 2.06. The lowest BCUT2D eigenvalue weighted by molar-refractivity contribution is 0.373. The Morgan fingerprint density at radius 3 is 2.82 bits per heavy atom. The van der Waals surface area contributed by atoms with Crippen LogP contribution in [0.15, 0.2) is 62.7 Å². The lowest BCUT2D eigenvalue weighted by Gasteiger charge is -2.03. The van der Waals surface area contributed by atoms with Gasteiger partial charge in [0.25, 0.3) is 0 Å². The van der Waals surface area contributed by atoms with E-state index in [1.807, 2.05) is 6.07 Å². The summed E-state index contributed by atoms with van der Waals surface area (Å²) in [5.41, 5.74) is 1.68. The van der Waals surface area contributed by atoms with Gasteiger partial charge in [-0.1, -0.05) is 0 Å². The Hall–Kier alpha value is -3.08. The molecule has 3 rings (SSSR count). The predicted molar refractivity (Wildman–Crippen MR) is 84.4 cm³/mol. The number of nitrogens with zero attached hydrogens (tertiary/aromatic N) is 1. The molecular weight excluding hydrogens is 282 g/mol. The Morgan fingerprint density at radius 1 is 1.14 bits per heavy atom. The van der Waals surface area contributed by atoms with Crippen molar-refractivity contribution in [1.29, 1.82) is 0 Å². The summed E-state index contributed by atoms with van der Waals surface area (Å²) in [6.07, 6.45) is 1.67. The molecule has 5 nitrogen and oxygen atoms in total. The smallest absolute Gasteiger partial charge is 0.336 e. The van der Waals surface area contributed by atoms with Gasteiger partial charge in [-0.2, -0.15) is 0 Å². The van der Waals surface area contributed by atoms with Crippen molar-refractivity contribution < 1.29 is 14.3 Å². The molecule has 0 aliphatic heterocycles. The zero-order valence-corrected chi connectivity index (χ0v) is 11.8. The fraction of sp³-hybridized carbons (Fsp3) is 0.0588. The van der Waals surface area contributed by atoms with Crippen molar-refractivity contribution in [3.63, 3.8) is 0 Å². The van der Waals surface area contributed by atoms with Crippen LogP contribution >= 0.6 is 0 Å². The first-order chi connectivity index (χ1) is 10.7. The van der Waals surface area contributed by atoms with E-state index in [-0.39, 0.29) is 11.4 Å². The maximum absolute atomic E-state index is 11.1. The Kier molecular flexibility index (Phi) is 3.62. The van der Waals surface area contributed by atoms with Gasteiger partial charge >= 0.3 is 5.63 Å². The SMILES string of the molecule is COc1cc(C=Nc2ccc3oc(=O)ccc3c2)ccc1O. The number of hydrogen-bond donors (Lipinski definition) is 1. The maximum Gasteiger partial charge on any atom is 0.336 e. The molecule has 5 heteroatoms. The van der Waals surface area contributed by atoms with Crippen molar-refractivity contribution in [3.05, 3.63) is 64.5 Å². The summed E-state index contributed by atoms with van der Waals surface area (Å²) in [7, 11) is 1.49. The van der Waals surface area contributed by atoms with Crippen LogP contribution in [0.4, 0.5) is 5.69 Å². The molecular formula is C17H13NO4. The minimum Gasteiger partial charge on any atom is -0.504 e. The highest BCUT2D eigenvalue weighted by Crippen LogP contribution is 2.26. The molecule has 22 heavy (non-hydrogen) atoms. The van der Waals surface area contributed by atoms with E-state index in [0.717, 1.165) is 16.6 Å². The highest BCUT2D eigenvalue weighted by molar-refractivity contribution is 5.85. The van der Waals surface area contributed by atoms with Crippen LogP contribution in [0, 0.1) is 0 Å². The average molecular weight is 295 g/mol. The molecule has 0 aliphatic rings. The summed E-state index contributed by atoms with van der Waals surface area (Å²) in [5.74, 6) is 0.477. The van der Waals surface area contributed by atoms with E-state index in [1.165, 1.54) is 13.2 Å². The molecule has 0 unspecified atom stereocenters. The van der Waals surface area contributed by atoms with Gasteiger partial charge < -0.3 is 14.3 Å². The first-order valence-electron chi connectivity index (χ1n) is 6.61. The predicted octanol–water partition coefficient (Wildman–Crippen LogP) is 3.26. The van der Waals surface area contributed by atoms with Crippen molar-refractivity contribution in [1.82, 2.24) is 0 Å². The van der Waals surface area contributed by atoms with E-state index in [1.54, 1.807) is 42.6 Å². The van der Waals surface area contributed by atoms with E-state index in [4.69, 9.17) is 9.15 Å². The van der Waals surface area contributed by atoms with Crippen LogP contribution in [0.1, 0.15) is 5.56 Å². The summed E-state index contributed by atoms with van der Waals surface area (Å²) < 4.78 is 10.1. The number of ether oxygens (including phenoxy) is 1. The molecule has 3 aromatic rings. The minimum absolute atomic E-state index is 0.0837. The van der Waals surface area contributed by atoms with Crippen LogP contribution in [-0.2, 0) is 0 Å². The molecule has 110 valence electrons. The average Bonchev–Trinajstić information content (AvgIpc) is 2.54. The summed E-state index contributed by atoms with van der Waals surface area (Å²) in [5, 5.41) is 10.4. The topological polar surface area (TPSA) is 72.0 Å². The van der Waals surface area contributed by atoms with Crippen molar-refractivity contribution in [3.8, 4) is 11.5 Å². The van der Waals surface area contributed by atoms with Crippen molar-refractivity contribution in [2.75, 3.05) is 7.11 Å². The molecule has 0 saturated heterocycles. The molecule has 0 bridgehead atoms. The van der Waals surface area contributed by atoms with Gasteiger partial charge in [-0.15, -0.1) is 0 Å². The standard InChI is InChI=1S/C17H13NO4/c1-21-16-8-11(2-5-14(16)19)10-18-13-4-6-15-12(9-13)3-7-17(20)22-15/h2-10,19H,1H3. The van der Waals surface area contributed by atoms with Gasteiger partial charge in [0.1, 0.15) is 5.58 Å². The zero-order chi connectivity index (χ0) is 15.5.